The van der Waals surface area contributed by atoms with E-state index in [4.69, 9.17) is 22.4 Å². The number of halogens is 2. The number of hydrogen-bond donors (Lipinski definition) is 3. The molecule has 2 aromatic rings. The molecule has 0 unspecified atom stereocenters. The highest BCUT2D eigenvalue weighted by atomic mass is 35.5. The van der Waals surface area contributed by atoms with Gasteiger partial charge in [0.1, 0.15) is 11.4 Å². The topological polar surface area (TPSA) is 75.3 Å². The van der Waals surface area contributed by atoms with Crippen molar-refractivity contribution in [1.82, 2.24) is 0 Å². The Morgan fingerprint density at radius 1 is 1.35 bits per heavy atom. The van der Waals surface area contributed by atoms with Gasteiger partial charge in [0.2, 0.25) is 0 Å². The number of nitrogens with one attached hydrogen (secondary N) is 1. The highest BCUT2D eigenvalue weighted by Gasteiger charge is 2.17. The van der Waals surface area contributed by atoms with Crippen molar-refractivity contribution in [3.8, 4) is 0 Å². The number of nitrogen functional groups attached to an aromatic ring is 1. The van der Waals surface area contributed by atoms with Gasteiger partial charge in [0, 0.05) is 11.6 Å². The summed E-state index contributed by atoms with van der Waals surface area (Å²) in [7, 11) is 0. The lowest BCUT2D eigenvalue weighted by atomic mass is 10.1. The number of carbonyl (C=O) groups is 1. The normalized spacial score (nSPS) is 10.3. The number of anilines is 2. The number of carboxylic acids is 1. The van der Waals surface area contributed by atoms with Crippen LogP contribution in [0.25, 0.3) is 0 Å². The highest BCUT2D eigenvalue weighted by Crippen LogP contribution is 2.25. The molecular weight excluding hydrogens is 283 g/mol. The average Bonchev–Trinajstić information content (AvgIpc) is 2.39. The predicted octanol–water partition coefficient (Wildman–Crippen LogP) is 3.37. The van der Waals surface area contributed by atoms with Gasteiger partial charge in [-0.1, -0.05) is 23.7 Å². The zero-order valence-corrected chi connectivity index (χ0v) is 11.1. The van der Waals surface area contributed by atoms with Crippen LogP contribution in [0.3, 0.4) is 0 Å². The fraction of sp³-hybridized carbons (Fsp3) is 0.0714. The molecule has 0 heterocycles. The van der Waals surface area contributed by atoms with Gasteiger partial charge in [-0.15, -0.1) is 0 Å². The Morgan fingerprint density at radius 3 is 2.75 bits per heavy atom. The third-order valence-electron chi connectivity index (χ3n) is 2.78. The first-order valence-corrected chi connectivity index (χ1v) is 6.16. The zero-order chi connectivity index (χ0) is 14.7. The van der Waals surface area contributed by atoms with Gasteiger partial charge in [-0.3, -0.25) is 0 Å². The molecule has 0 aliphatic heterocycles. The van der Waals surface area contributed by atoms with Gasteiger partial charge in [-0.05, 0) is 29.8 Å². The van der Waals surface area contributed by atoms with Gasteiger partial charge in [-0.25, -0.2) is 9.18 Å². The van der Waals surface area contributed by atoms with E-state index in [1.165, 1.54) is 6.07 Å². The lowest BCUT2D eigenvalue weighted by Gasteiger charge is -2.12. The third-order valence-corrected chi connectivity index (χ3v) is 3.01. The van der Waals surface area contributed by atoms with Gasteiger partial charge in [-0.2, -0.15) is 0 Å². The van der Waals surface area contributed by atoms with Crippen molar-refractivity contribution in [3.63, 3.8) is 0 Å². The highest BCUT2D eigenvalue weighted by molar-refractivity contribution is 6.30. The van der Waals surface area contributed by atoms with Crippen LogP contribution in [0, 0.1) is 5.82 Å². The molecule has 0 saturated carbocycles. The summed E-state index contributed by atoms with van der Waals surface area (Å²) in [6.45, 7) is 0.353. The Labute approximate surface area is 120 Å². The fourth-order valence-corrected chi connectivity index (χ4v) is 2.03. The molecule has 0 saturated heterocycles. The maximum absolute atomic E-state index is 13.3. The number of nitrogens with two attached hydrogens (primary N) is 1. The Morgan fingerprint density at radius 2 is 2.10 bits per heavy atom. The molecule has 0 bridgehead atoms. The van der Waals surface area contributed by atoms with Crippen molar-refractivity contribution in [2.75, 3.05) is 11.1 Å². The third kappa shape index (κ3) is 3.00. The second-order valence-corrected chi connectivity index (χ2v) is 4.61. The number of hydrogen-bond acceptors (Lipinski definition) is 3. The SMILES string of the molecule is Nc1c(F)ccc(NCc2cccc(Cl)c2)c1C(=O)O. The molecule has 20 heavy (non-hydrogen) atoms. The molecule has 2 aromatic carbocycles. The van der Waals surface area contributed by atoms with Gasteiger partial charge in [0.25, 0.3) is 0 Å². The minimum absolute atomic E-state index is 0.261. The van der Waals surface area contributed by atoms with Gasteiger partial charge < -0.3 is 16.2 Å². The minimum atomic E-state index is -1.28. The first kappa shape index (κ1) is 14.1. The summed E-state index contributed by atoms with van der Waals surface area (Å²) in [6.07, 6.45) is 0. The quantitative estimate of drug-likeness (QED) is 0.756. The van der Waals surface area contributed by atoms with Crippen LogP contribution < -0.4 is 11.1 Å². The van der Waals surface area contributed by atoms with Crippen LogP contribution in [-0.4, -0.2) is 11.1 Å². The van der Waals surface area contributed by atoms with E-state index in [9.17, 15) is 9.18 Å². The molecule has 0 atom stereocenters. The predicted molar refractivity (Wildman–Crippen MR) is 76.6 cm³/mol. The van der Waals surface area contributed by atoms with Crippen LogP contribution in [0.5, 0.6) is 0 Å². The first-order chi connectivity index (χ1) is 9.49. The van der Waals surface area contributed by atoms with Gasteiger partial charge in [0.05, 0.1) is 11.4 Å². The zero-order valence-electron chi connectivity index (χ0n) is 10.4. The monoisotopic (exact) mass is 294 g/mol. The molecule has 0 spiro atoms. The van der Waals surface area contributed by atoms with Crippen molar-refractivity contribution in [1.29, 1.82) is 0 Å². The second kappa shape index (κ2) is 5.79. The molecule has 0 radical (unpaired) electrons. The fourth-order valence-electron chi connectivity index (χ4n) is 1.82. The van der Waals surface area contributed by atoms with Crippen molar-refractivity contribution in [2.24, 2.45) is 0 Å². The molecule has 0 aromatic heterocycles. The summed E-state index contributed by atoms with van der Waals surface area (Å²) >= 11 is 5.86. The standard InChI is InChI=1S/C14H12ClFN2O2/c15-9-3-1-2-8(6-9)7-18-11-5-4-10(16)13(17)12(11)14(19)20/h1-6,18H,7,17H2,(H,19,20). The number of aromatic carboxylic acids is 1. The molecule has 4 N–H and O–H groups in total. The van der Waals surface area contributed by atoms with Crippen molar-refractivity contribution < 1.29 is 14.3 Å². The van der Waals surface area contributed by atoms with E-state index < -0.39 is 11.8 Å². The van der Waals surface area contributed by atoms with Crippen molar-refractivity contribution >= 4 is 28.9 Å². The summed E-state index contributed by atoms with van der Waals surface area (Å²) in [6, 6.07) is 9.59. The van der Waals surface area contributed by atoms with Crippen LogP contribution >= 0.6 is 11.6 Å². The van der Waals surface area contributed by atoms with E-state index in [1.807, 2.05) is 6.07 Å². The molecule has 0 aliphatic rings. The van der Waals surface area contributed by atoms with Gasteiger partial charge in [0.15, 0.2) is 0 Å². The lowest BCUT2D eigenvalue weighted by Crippen LogP contribution is -2.10. The van der Waals surface area contributed by atoms with Crippen LogP contribution in [0.2, 0.25) is 5.02 Å². The summed E-state index contributed by atoms with van der Waals surface area (Å²) in [4.78, 5) is 11.2. The molecule has 2 rings (SSSR count). The van der Waals surface area contributed by atoms with Gasteiger partial charge >= 0.3 is 5.97 Å². The Bertz CT molecular complexity index is 662. The lowest BCUT2D eigenvalue weighted by molar-refractivity contribution is 0.0698. The number of carboxylic acid groups (broad SMARTS) is 1. The average molecular weight is 295 g/mol. The van der Waals surface area contributed by atoms with Crippen LogP contribution in [0.4, 0.5) is 15.8 Å². The van der Waals surface area contributed by atoms with E-state index in [0.717, 1.165) is 11.6 Å². The molecule has 4 nitrogen and oxygen atoms in total. The van der Waals surface area contributed by atoms with Crippen molar-refractivity contribution in [2.45, 2.75) is 6.54 Å². The summed E-state index contributed by atoms with van der Waals surface area (Å²) in [5.41, 5.74) is 5.94. The van der Waals surface area contributed by atoms with Crippen LogP contribution in [0.15, 0.2) is 36.4 Å². The smallest absolute Gasteiger partial charge is 0.340 e. The Balaban J connectivity index is 2.26. The maximum atomic E-state index is 13.3. The molecule has 104 valence electrons. The summed E-state index contributed by atoms with van der Waals surface area (Å²) in [5.74, 6) is -2.04. The number of rotatable bonds is 4. The molecule has 0 fully saturated rings. The summed E-state index contributed by atoms with van der Waals surface area (Å²) in [5, 5.41) is 12.6. The van der Waals surface area contributed by atoms with E-state index in [0.29, 0.717) is 11.6 Å². The van der Waals surface area contributed by atoms with E-state index in [-0.39, 0.29) is 16.9 Å². The second-order valence-electron chi connectivity index (χ2n) is 4.17. The summed E-state index contributed by atoms with van der Waals surface area (Å²) < 4.78 is 13.3. The molecule has 0 amide bonds. The van der Waals surface area contributed by atoms with E-state index >= 15 is 0 Å². The van der Waals surface area contributed by atoms with E-state index in [1.54, 1.807) is 18.2 Å². The van der Waals surface area contributed by atoms with Crippen LogP contribution in [-0.2, 0) is 6.54 Å². The Kier molecular flexibility index (Phi) is 4.10. The first-order valence-electron chi connectivity index (χ1n) is 5.78. The van der Waals surface area contributed by atoms with Crippen LogP contribution in [0.1, 0.15) is 15.9 Å². The maximum Gasteiger partial charge on any atom is 0.340 e. The molecule has 6 heteroatoms. The molecule has 0 aliphatic carbocycles. The van der Waals surface area contributed by atoms with Crippen molar-refractivity contribution in [3.05, 3.63) is 58.4 Å². The molecular formula is C14H12ClFN2O2. The minimum Gasteiger partial charge on any atom is -0.478 e. The number of benzene rings is 2. The van der Waals surface area contributed by atoms with E-state index in [2.05, 4.69) is 5.32 Å². The Hall–Kier alpha value is -2.27. The largest absolute Gasteiger partial charge is 0.478 e.